The normalized spacial score (nSPS) is 10.6. The molecule has 0 saturated carbocycles. The molecule has 0 aliphatic heterocycles. The Morgan fingerprint density at radius 3 is 2.65 bits per heavy atom. The number of hydrogen-bond acceptors (Lipinski definition) is 5. The summed E-state index contributed by atoms with van der Waals surface area (Å²) in [6, 6.07) is 7.76. The van der Waals surface area contributed by atoms with Gasteiger partial charge in [-0.25, -0.2) is 4.98 Å². The van der Waals surface area contributed by atoms with Gasteiger partial charge >= 0.3 is 0 Å². The molecule has 1 aromatic heterocycles. The molecule has 6 heteroatoms. The Bertz CT molecular complexity index is 621. The number of nitrogens with zero attached hydrogens (tertiary/aromatic N) is 1. The molecule has 2 aromatic rings. The second-order valence-electron chi connectivity index (χ2n) is 4.68. The molecule has 0 aliphatic rings. The molecule has 0 radical (unpaired) electrons. The van der Waals surface area contributed by atoms with Crippen LogP contribution in [0.25, 0.3) is 0 Å². The lowest BCUT2D eigenvalue weighted by Crippen LogP contribution is -2.13. The third-order valence-corrected chi connectivity index (χ3v) is 3.99. The van der Waals surface area contributed by atoms with Gasteiger partial charge in [-0.3, -0.25) is 4.79 Å². The zero-order chi connectivity index (χ0) is 14.7. The van der Waals surface area contributed by atoms with Gasteiger partial charge in [0.25, 0.3) is 5.91 Å². The van der Waals surface area contributed by atoms with Crippen molar-refractivity contribution in [3.8, 4) is 0 Å². The lowest BCUT2D eigenvalue weighted by atomic mass is 10.0. The van der Waals surface area contributed by atoms with E-state index in [1.165, 1.54) is 11.3 Å². The van der Waals surface area contributed by atoms with Crippen LogP contribution in [0, 0.1) is 0 Å². The fourth-order valence-corrected chi connectivity index (χ4v) is 2.63. The Morgan fingerprint density at radius 1 is 1.35 bits per heavy atom. The number of thiazole rings is 1. The summed E-state index contributed by atoms with van der Waals surface area (Å²) in [6.45, 7) is 4.18. The summed E-state index contributed by atoms with van der Waals surface area (Å²) in [6.07, 6.45) is 0. The third kappa shape index (κ3) is 2.91. The second-order valence-corrected chi connectivity index (χ2v) is 5.68. The number of anilines is 3. The maximum Gasteiger partial charge on any atom is 0.269 e. The number of rotatable bonds is 4. The number of carbonyl (C=O) groups excluding carboxylic acids is 1. The predicted octanol–water partition coefficient (Wildman–Crippen LogP) is 3.14. The second kappa shape index (κ2) is 5.92. The molecule has 0 atom stereocenters. The Balaban J connectivity index is 2.25. The summed E-state index contributed by atoms with van der Waals surface area (Å²) < 4.78 is 0. The number of aromatic nitrogens is 1. The highest BCUT2D eigenvalue weighted by Gasteiger charge is 2.17. The molecule has 0 bridgehead atoms. The van der Waals surface area contributed by atoms with Gasteiger partial charge in [0.1, 0.15) is 10.7 Å². The minimum Gasteiger partial charge on any atom is -0.382 e. The van der Waals surface area contributed by atoms with E-state index >= 15 is 0 Å². The Hall–Kier alpha value is -2.08. The zero-order valence-electron chi connectivity index (χ0n) is 11.7. The van der Waals surface area contributed by atoms with Gasteiger partial charge in [-0.2, -0.15) is 0 Å². The maximum absolute atomic E-state index is 12.3. The van der Waals surface area contributed by atoms with Crippen LogP contribution in [0.2, 0.25) is 0 Å². The van der Waals surface area contributed by atoms with Crippen LogP contribution in [0.15, 0.2) is 24.3 Å². The highest BCUT2D eigenvalue weighted by molar-refractivity contribution is 7.18. The standard InChI is InChI=1S/C14H18N4OS/c1-8(2)9-6-4-5-7-10(9)17-13(19)11-12(15)18-14(16-3)20-11/h4-8H,15H2,1-3H3,(H,16,18)(H,17,19). The van der Waals surface area contributed by atoms with Crippen molar-refractivity contribution in [1.82, 2.24) is 4.98 Å². The van der Waals surface area contributed by atoms with Gasteiger partial charge < -0.3 is 16.4 Å². The van der Waals surface area contributed by atoms with E-state index in [2.05, 4.69) is 29.5 Å². The van der Waals surface area contributed by atoms with Crippen molar-refractivity contribution < 1.29 is 4.79 Å². The minimum atomic E-state index is -0.227. The van der Waals surface area contributed by atoms with Crippen LogP contribution in [0.1, 0.15) is 35.0 Å². The fourth-order valence-electron chi connectivity index (χ4n) is 1.89. The Labute approximate surface area is 122 Å². The number of para-hydroxylation sites is 1. The molecular weight excluding hydrogens is 272 g/mol. The van der Waals surface area contributed by atoms with Crippen molar-refractivity contribution in [2.45, 2.75) is 19.8 Å². The van der Waals surface area contributed by atoms with Crippen LogP contribution in [0.5, 0.6) is 0 Å². The minimum absolute atomic E-state index is 0.227. The smallest absolute Gasteiger partial charge is 0.269 e. The molecule has 0 unspecified atom stereocenters. The number of benzene rings is 1. The molecule has 106 valence electrons. The first-order valence-corrected chi connectivity index (χ1v) is 7.19. The number of nitrogens with two attached hydrogens (primary N) is 1. The zero-order valence-corrected chi connectivity index (χ0v) is 12.5. The van der Waals surface area contributed by atoms with Crippen molar-refractivity contribution in [3.63, 3.8) is 0 Å². The maximum atomic E-state index is 12.3. The van der Waals surface area contributed by atoms with E-state index < -0.39 is 0 Å². The van der Waals surface area contributed by atoms with Gasteiger partial charge in [0.15, 0.2) is 5.13 Å². The highest BCUT2D eigenvalue weighted by Crippen LogP contribution is 2.28. The van der Waals surface area contributed by atoms with E-state index in [-0.39, 0.29) is 11.7 Å². The van der Waals surface area contributed by atoms with E-state index in [0.29, 0.717) is 15.9 Å². The van der Waals surface area contributed by atoms with Crippen molar-refractivity contribution in [3.05, 3.63) is 34.7 Å². The molecule has 0 aliphatic carbocycles. The highest BCUT2D eigenvalue weighted by atomic mass is 32.1. The lowest BCUT2D eigenvalue weighted by molar-refractivity contribution is 0.103. The average molecular weight is 290 g/mol. The van der Waals surface area contributed by atoms with Crippen molar-refractivity contribution >= 4 is 33.9 Å². The third-order valence-electron chi connectivity index (χ3n) is 2.90. The van der Waals surface area contributed by atoms with Crippen LogP contribution in [-0.4, -0.2) is 17.9 Å². The molecule has 1 heterocycles. The van der Waals surface area contributed by atoms with Gasteiger partial charge in [0.2, 0.25) is 0 Å². The number of carbonyl (C=O) groups is 1. The number of amides is 1. The first kappa shape index (κ1) is 14.3. The topological polar surface area (TPSA) is 80.0 Å². The van der Waals surface area contributed by atoms with Crippen molar-refractivity contribution in [1.29, 1.82) is 0 Å². The first-order valence-electron chi connectivity index (χ1n) is 6.37. The monoisotopic (exact) mass is 290 g/mol. The van der Waals surface area contributed by atoms with Gasteiger partial charge in [0, 0.05) is 12.7 Å². The number of nitrogen functional groups attached to an aromatic ring is 1. The van der Waals surface area contributed by atoms with E-state index in [9.17, 15) is 4.79 Å². The molecule has 0 saturated heterocycles. The van der Waals surface area contributed by atoms with Gasteiger partial charge in [-0.1, -0.05) is 43.4 Å². The van der Waals surface area contributed by atoms with E-state index in [1.54, 1.807) is 7.05 Å². The molecule has 2 rings (SSSR count). The largest absolute Gasteiger partial charge is 0.382 e. The average Bonchev–Trinajstić information content (AvgIpc) is 2.80. The molecular formula is C14H18N4OS. The molecule has 0 spiro atoms. The SMILES string of the molecule is CNc1nc(N)c(C(=O)Nc2ccccc2C(C)C)s1. The number of nitrogens with one attached hydrogen (secondary N) is 2. The van der Waals surface area contributed by atoms with Gasteiger partial charge in [0.05, 0.1) is 0 Å². The lowest BCUT2D eigenvalue weighted by Gasteiger charge is -2.13. The summed E-state index contributed by atoms with van der Waals surface area (Å²) in [5.74, 6) is 0.353. The van der Waals surface area contributed by atoms with Crippen LogP contribution in [-0.2, 0) is 0 Å². The summed E-state index contributed by atoms with van der Waals surface area (Å²) in [5, 5.41) is 6.42. The molecule has 0 fully saturated rings. The van der Waals surface area contributed by atoms with Gasteiger partial charge in [-0.05, 0) is 17.5 Å². The molecule has 1 amide bonds. The Morgan fingerprint density at radius 2 is 2.05 bits per heavy atom. The quantitative estimate of drug-likeness (QED) is 0.808. The number of hydrogen-bond donors (Lipinski definition) is 3. The van der Waals surface area contributed by atoms with Crippen LogP contribution < -0.4 is 16.4 Å². The summed E-state index contributed by atoms with van der Waals surface area (Å²) in [4.78, 5) is 16.8. The molecule has 1 aromatic carbocycles. The van der Waals surface area contributed by atoms with Crippen LogP contribution >= 0.6 is 11.3 Å². The van der Waals surface area contributed by atoms with Crippen molar-refractivity contribution in [2.24, 2.45) is 0 Å². The summed E-state index contributed by atoms with van der Waals surface area (Å²) in [5.41, 5.74) is 7.67. The van der Waals surface area contributed by atoms with E-state index in [0.717, 1.165) is 11.3 Å². The van der Waals surface area contributed by atoms with E-state index in [4.69, 9.17) is 5.73 Å². The van der Waals surface area contributed by atoms with Crippen LogP contribution in [0.3, 0.4) is 0 Å². The molecule has 4 N–H and O–H groups in total. The molecule has 20 heavy (non-hydrogen) atoms. The molecule has 5 nitrogen and oxygen atoms in total. The summed E-state index contributed by atoms with van der Waals surface area (Å²) >= 11 is 1.24. The fraction of sp³-hybridized carbons (Fsp3) is 0.286. The van der Waals surface area contributed by atoms with Crippen LogP contribution in [0.4, 0.5) is 16.6 Å². The van der Waals surface area contributed by atoms with E-state index in [1.807, 2.05) is 24.3 Å². The predicted molar refractivity (Wildman–Crippen MR) is 84.6 cm³/mol. The first-order chi connectivity index (χ1) is 9.52. The van der Waals surface area contributed by atoms with Gasteiger partial charge in [-0.15, -0.1) is 0 Å². The summed E-state index contributed by atoms with van der Waals surface area (Å²) in [7, 11) is 1.74. The Kier molecular flexibility index (Phi) is 4.24. The van der Waals surface area contributed by atoms with Crippen molar-refractivity contribution in [2.75, 3.05) is 23.4 Å².